The van der Waals surface area contributed by atoms with E-state index in [2.05, 4.69) is 25.6 Å². The zero-order valence-electron chi connectivity index (χ0n) is 16.2. The Bertz CT molecular complexity index is 1120. The molecule has 4 rings (SSSR count). The van der Waals surface area contributed by atoms with Crippen molar-refractivity contribution in [2.24, 2.45) is 0 Å². The molecule has 2 aromatic heterocycles. The number of rotatable bonds is 8. The fourth-order valence-electron chi connectivity index (χ4n) is 3.04. The molecule has 152 valence electrons. The van der Waals surface area contributed by atoms with Crippen LogP contribution in [0, 0.1) is 0 Å². The van der Waals surface area contributed by atoms with Crippen LogP contribution in [0.4, 0.5) is 5.13 Å². The molecule has 0 aliphatic heterocycles. The molecule has 0 saturated carbocycles. The number of para-hydroxylation sites is 2. The van der Waals surface area contributed by atoms with Crippen LogP contribution < -0.4 is 10.6 Å². The van der Waals surface area contributed by atoms with E-state index in [1.807, 2.05) is 30.3 Å². The minimum Gasteiger partial charge on any atom is -0.356 e. The Hall–Kier alpha value is -3.52. The summed E-state index contributed by atoms with van der Waals surface area (Å²) in [5.74, 6) is 0.612. The van der Waals surface area contributed by atoms with Crippen LogP contribution in [-0.2, 0) is 17.6 Å². The Morgan fingerprint density at radius 3 is 2.63 bits per heavy atom. The highest BCUT2D eigenvalue weighted by Gasteiger charge is 2.11. The fourth-order valence-corrected chi connectivity index (χ4v) is 3.74. The lowest BCUT2D eigenvalue weighted by Gasteiger charge is -2.03. The summed E-state index contributed by atoms with van der Waals surface area (Å²) in [5, 5.41) is 7.94. The van der Waals surface area contributed by atoms with Crippen LogP contribution in [0.25, 0.3) is 11.0 Å². The molecule has 0 aliphatic rings. The first-order valence-electron chi connectivity index (χ1n) is 9.68. The van der Waals surface area contributed by atoms with Gasteiger partial charge in [0, 0.05) is 23.9 Å². The Labute approximate surface area is 177 Å². The average molecular weight is 420 g/mol. The van der Waals surface area contributed by atoms with E-state index in [1.54, 1.807) is 29.6 Å². The summed E-state index contributed by atoms with van der Waals surface area (Å²) >= 11 is 1.31. The molecule has 0 bridgehead atoms. The van der Waals surface area contributed by atoms with Crippen LogP contribution >= 0.6 is 11.3 Å². The topological polar surface area (TPSA) is 99.8 Å². The van der Waals surface area contributed by atoms with Crippen molar-refractivity contribution in [3.63, 3.8) is 0 Å². The van der Waals surface area contributed by atoms with E-state index in [9.17, 15) is 9.59 Å². The molecule has 0 atom stereocenters. The van der Waals surface area contributed by atoms with Crippen LogP contribution in [0.2, 0.25) is 0 Å². The zero-order valence-corrected chi connectivity index (χ0v) is 17.0. The molecule has 4 aromatic rings. The van der Waals surface area contributed by atoms with Crippen molar-refractivity contribution >= 4 is 39.3 Å². The molecule has 2 amide bonds. The molecule has 0 unspecified atom stereocenters. The third kappa shape index (κ3) is 5.09. The molecular formula is C22H21N5O2S. The molecule has 0 fully saturated rings. The summed E-state index contributed by atoms with van der Waals surface area (Å²) in [6.45, 7) is 0.567. The van der Waals surface area contributed by atoms with Crippen molar-refractivity contribution in [1.29, 1.82) is 0 Å². The van der Waals surface area contributed by atoms with Crippen LogP contribution in [0.15, 0.2) is 60.0 Å². The van der Waals surface area contributed by atoms with Gasteiger partial charge >= 0.3 is 0 Å². The number of aryl methyl sites for hydroxylation is 1. The van der Waals surface area contributed by atoms with E-state index in [4.69, 9.17) is 0 Å². The predicted octanol–water partition coefficient (Wildman–Crippen LogP) is 3.56. The largest absolute Gasteiger partial charge is 0.356 e. The monoisotopic (exact) mass is 419 g/mol. The quantitative estimate of drug-likeness (QED) is 0.380. The first-order chi connectivity index (χ1) is 14.7. The number of aromatic amines is 1. The summed E-state index contributed by atoms with van der Waals surface area (Å²) in [6, 6.07) is 16.9. The van der Waals surface area contributed by atoms with E-state index in [-0.39, 0.29) is 18.2 Å². The first kappa shape index (κ1) is 19.8. The molecule has 0 saturated heterocycles. The van der Waals surface area contributed by atoms with Gasteiger partial charge in [0.05, 0.1) is 23.1 Å². The Morgan fingerprint density at radius 1 is 1.00 bits per heavy atom. The van der Waals surface area contributed by atoms with Gasteiger partial charge in [-0.3, -0.25) is 14.9 Å². The number of nitrogens with one attached hydrogen (secondary N) is 3. The van der Waals surface area contributed by atoms with Crippen LogP contribution in [0.3, 0.4) is 0 Å². The van der Waals surface area contributed by atoms with Crippen molar-refractivity contribution in [2.75, 3.05) is 11.9 Å². The molecule has 3 N–H and O–H groups in total. The Balaban J connectivity index is 1.20. The summed E-state index contributed by atoms with van der Waals surface area (Å²) < 4.78 is 0. The second kappa shape index (κ2) is 9.32. The normalized spacial score (nSPS) is 10.8. The lowest BCUT2D eigenvalue weighted by Crippen LogP contribution is -2.26. The predicted molar refractivity (Wildman–Crippen MR) is 118 cm³/mol. The van der Waals surface area contributed by atoms with Crippen molar-refractivity contribution in [1.82, 2.24) is 20.3 Å². The van der Waals surface area contributed by atoms with Gasteiger partial charge in [0.2, 0.25) is 5.91 Å². The van der Waals surface area contributed by atoms with E-state index < -0.39 is 0 Å². The Morgan fingerprint density at radius 2 is 1.80 bits per heavy atom. The number of hydrogen-bond acceptors (Lipinski definition) is 5. The van der Waals surface area contributed by atoms with Gasteiger partial charge in [0.15, 0.2) is 5.13 Å². The average Bonchev–Trinajstić information content (AvgIpc) is 3.38. The highest BCUT2D eigenvalue weighted by Crippen LogP contribution is 2.17. The minimum atomic E-state index is -0.216. The van der Waals surface area contributed by atoms with Gasteiger partial charge in [-0.15, -0.1) is 11.3 Å². The van der Waals surface area contributed by atoms with Crippen LogP contribution in [-0.4, -0.2) is 33.3 Å². The molecule has 0 radical (unpaired) electrons. The molecule has 7 nitrogen and oxygen atoms in total. The smallest absolute Gasteiger partial charge is 0.257 e. The number of aromatic nitrogens is 3. The van der Waals surface area contributed by atoms with E-state index >= 15 is 0 Å². The zero-order chi connectivity index (χ0) is 20.8. The molecule has 0 aliphatic carbocycles. The minimum absolute atomic E-state index is 0.0918. The second-order valence-electron chi connectivity index (χ2n) is 6.80. The number of amides is 2. The maximum Gasteiger partial charge on any atom is 0.257 e. The molecule has 8 heteroatoms. The van der Waals surface area contributed by atoms with Gasteiger partial charge in [0.25, 0.3) is 5.91 Å². The number of nitrogens with zero attached hydrogens (tertiary/aromatic N) is 2. The third-order valence-electron chi connectivity index (χ3n) is 4.50. The van der Waals surface area contributed by atoms with Gasteiger partial charge in [-0.05, 0) is 30.7 Å². The fraction of sp³-hybridized carbons (Fsp3) is 0.182. The lowest BCUT2D eigenvalue weighted by atomic mass is 10.2. The number of fused-ring (bicyclic) bond motifs is 1. The number of carbonyl (C=O) groups excluding carboxylic acids is 2. The number of imidazole rings is 1. The number of hydrogen-bond donors (Lipinski definition) is 3. The van der Waals surface area contributed by atoms with Crippen molar-refractivity contribution in [3.05, 3.63) is 77.1 Å². The van der Waals surface area contributed by atoms with E-state index in [1.165, 1.54) is 11.3 Å². The molecular weight excluding hydrogens is 398 g/mol. The molecule has 2 aromatic carbocycles. The number of H-pyrrole nitrogens is 1. The van der Waals surface area contributed by atoms with Gasteiger partial charge in [-0.1, -0.05) is 30.3 Å². The number of carbonyl (C=O) groups is 2. The lowest BCUT2D eigenvalue weighted by molar-refractivity contribution is -0.120. The van der Waals surface area contributed by atoms with E-state index in [0.29, 0.717) is 22.9 Å². The van der Waals surface area contributed by atoms with Crippen LogP contribution in [0.1, 0.15) is 28.3 Å². The standard InChI is InChI=1S/C22H21N5O2S/c28-20(23-12-6-11-19-25-17-9-4-5-10-18(17)26-19)13-16-14-30-22(24-16)27-21(29)15-7-2-1-3-8-15/h1-5,7-10,14H,6,11-13H2,(H,23,28)(H,25,26)(H,24,27,29). The maximum absolute atomic E-state index is 12.2. The number of anilines is 1. The van der Waals surface area contributed by atoms with Crippen molar-refractivity contribution in [2.45, 2.75) is 19.3 Å². The Kier molecular flexibility index (Phi) is 6.14. The maximum atomic E-state index is 12.2. The molecule has 2 heterocycles. The first-order valence-corrected chi connectivity index (χ1v) is 10.6. The summed E-state index contributed by atoms with van der Waals surface area (Å²) in [4.78, 5) is 36.5. The van der Waals surface area contributed by atoms with Gasteiger partial charge < -0.3 is 10.3 Å². The highest BCUT2D eigenvalue weighted by atomic mass is 32.1. The summed E-state index contributed by atoms with van der Waals surface area (Å²) in [6.07, 6.45) is 1.74. The van der Waals surface area contributed by atoms with Crippen LogP contribution in [0.5, 0.6) is 0 Å². The molecule has 0 spiro atoms. The second-order valence-corrected chi connectivity index (χ2v) is 7.65. The van der Waals surface area contributed by atoms with Gasteiger partial charge in [-0.2, -0.15) is 0 Å². The van der Waals surface area contributed by atoms with Gasteiger partial charge in [0.1, 0.15) is 5.82 Å². The molecule has 30 heavy (non-hydrogen) atoms. The van der Waals surface area contributed by atoms with Gasteiger partial charge in [-0.25, -0.2) is 9.97 Å². The number of thiazole rings is 1. The summed E-state index contributed by atoms with van der Waals surface area (Å²) in [7, 11) is 0. The van der Waals surface area contributed by atoms with Crippen molar-refractivity contribution in [3.8, 4) is 0 Å². The number of benzene rings is 2. The SMILES string of the molecule is O=C(Cc1csc(NC(=O)c2ccccc2)n1)NCCCc1nc2ccccc2[nH]1. The van der Waals surface area contributed by atoms with E-state index in [0.717, 1.165) is 29.7 Å². The third-order valence-corrected chi connectivity index (χ3v) is 5.31. The summed E-state index contributed by atoms with van der Waals surface area (Å²) in [5.41, 5.74) is 3.18. The van der Waals surface area contributed by atoms with Crippen molar-refractivity contribution < 1.29 is 9.59 Å². The highest BCUT2D eigenvalue weighted by molar-refractivity contribution is 7.14.